The standard InChI is InChI=1S/C20H38N4O4/c1-23(2)19(25)16-22-20(21-15-18-7-4-5-13-28-18)24-10-8-17(9-11-24)27-14-6-12-26-3/h17-18H,4-16H2,1-3H3,(H,21,22). The average Bonchev–Trinajstić information content (AvgIpc) is 2.72. The molecule has 0 aromatic heterocycles. The fourth-order valence-corrected chi connectivity index (χ4v) is 3.41. The number of hydrogen-bond donors (Lipinski definition) is 1. The van der Waals surface area contributed by atoms with Crippen LogP contribution in [-0.2, 0) is 19.0 Å². The number of ether oxygens (including phenoxy) is 3. The highest BCUT2D eigenvalue weighted by Crippen LogP contribution is 2.15. The molecule has 2 aliphatic heterocycles. The molecule has 1 N–H and O–H groups in total. The van der Waals surface area contributed by atoms with E-state index in [-0.39, 0.29) is 18.6 Å². The van der Waals surface area contributed by atoms with Gasteiger partial charge < -0.3 is 29.3 Å². The van der Waals surface area contributed by atoms with Gasteiger partial charge in [0.25, 0.3) is 0 Å². The third-order valence-corrected chi connectivity index (χ3v) is 5.21. The lowest BCUT2D eigenvalue weighted by atomic mass is 10.1. The summed E-state index contributed by atoms with van der Waals surface area (Å²) < 4.78 is 16.8. The van der Waals surface area contributed by atoms with Gasteiger partial charge in [0.2, 0.25) is 5.91 Å². The highest BCUT2D eigenvalue weighted by Gasteiger charge is 2.23. The van der Waals surface area contributed by atoms with Crippen LogP contribution in [0.3, 0.4) is 0 Å². The number of likely N-dealkylation sites (tertiary alicyclic amines) is 1. The molecule has 0 aromatic rings. The topological polar surface area (TPSA) is 75.6 Å². The molecule has 0 radical (unpaired) electrons. The van der Waals surface area contributed by atoms with Gasteiger partial charge in [-0.3, -0.25) is 4.79 Å². The fraction of sp³-hybridized carbons (Fsp3) is 0.900. The summed E-state index contributed by atoms with van der Waals surface area (Å²) in [7, 11) is 5.23. The number of carbonyl (C=O) groups excluding carboxylic acids is 1. The molecule has 1 unspecified atom stereocenters. The quantitative estimate of drug-likeness (QED) is 0.356. The summed E-state index contributed by atoms with van der Waals surface area (Å²) in [4.78, 5) is 20.4. The molecule has 8 heteroatoms. The van der Waals surface area contributed by atoms with Crippen LogP contribution in [0.25, 0.3) is 0 Å². The molecule has 2 aliphatic rings. The summed E-state index contributed by atoms with van der Waals surface area (Å²) in [5, 5.41) is 3.45. The normalized spacial score (nSPS) is 21.6. The second-order valence-electron chi connectivity index (χ2n) is 7.70. The smallest absolute Gasteiger partial charge is 0.243 e. The molecule has 1 atom stereocenters. The molecular formula is C20H38N4O4. The van der Waals surface area contributed by atoms with E-state index in [0.29, 0.717) is 6.10 Å². The molecule has 2 heterocycles. The molecule has 2 fully saturated rings. The Kier molecular flexibility index (Phi) is 10.6. The fourth-order valence-electron chi connectivity index (χ4n) is 3.41. The Labute approximate surface area is 169 Å². The van der Waals surface area contributed by atoms with Gasteiger partial charge in [0.1, 0.15) is 6.54 Å². The molecule has 162 valence electrons. The van der Waals surface area contributed by atoms with E-state index in [1.807, 2.05) is 0 Å². The number of aliphatic imine (C=N–C) groups is 1. The van der Waals surface area contributed by atoms with Crippen LogP contribution < -0.4 is 5.32 Å². The van der Waals surface area contributed by atoms with Crippen LogP contribution in [0.4, 0.5) is 0 Å². The number of amides is 1. The van der Waals surface area contributed by atoms with Crippen molar-refractivity contribution < 1.29 is 19.0 Å². The van der Waals surface area contributed by atoms with Crippen molar-refractivity contribution in [3.8, 4) is 0 Å². The van der Waals surface area contributed by atoms with E-state index >= 15 is 0 Å². The van der Waals surface area contributed by atoms with Crippen molar-refractivity contribution in [2.75, 3.05) is 67.2 Å². The third-order valence-electron chi connectivity index (χ3n) is 5.21. The summed E-state index contributed by atoms with van der Waals surface area (Å²) in [6, 6.07) is 0. The van der Waals surface area contributed by atoms with E-state index in [9.17, 15) is 4.79 Å². The number of hydrogen-bond acceptors (Lipinski definition) is 5. The maximum Gasteiger partial charge on any atom is 0.243 e. The molecule has 0 bridgehead atoms. The van der Waals surface area contributed by atoms with Crippen LogP contribution in [0, 0.1) is 0 Å². The minimum atomic E-state index is 0.00424. The van der Waals surface area contributed by atoms with Crippen LogP contribution in [0.1, 0.15) is 38.5 Å². The SMILES string of the molecule is COCCCOC1CCN(C(=NCC(=O)N(C)C)NCC2CCCCO2)CC1. The Morgan fingerprint density at radius 1 is 1.21 bits per heavy atom. The van der Waals surface area contributed by atoms with Gasteiger partial charge in [0, 0.05) is 60.7 Å². The molecule has 28 heavy (non-hydrogen) atoms. The first-order chi connectivity index (χ1) is 13.6. The van der Waals surface area contributed by atoms with E-state index < -0.39 is 0 Å². The Morgan fingerprint density at radius 3 is 2.64 bits per heavy atom. The van der Waals surface area contributed by atoms with Gasteiger partial charge in [-0.2, -0.15) is 0 Å². The number of likely N-dealkylation sites (N-methyl/N-ethyl adjacent to an activating group) is 1. The lowest BCUT2D eigenvalue weighted by Crippen LogP contribution is -2.49. The summed E-state index contributed by atoms with van der Waals surface area (Å²) in [6.07, 6.45) is 6.82. The summed E-state index contributed by atoms with van der Waals surface area (Å²) in [6.45, 7) is 4.97. The number of carbonyl (C=O) groups is 1. The van der Waals surface area contributed by atoms with Gasteiger partial charge >= 0.3 is 0 Å². The van der Waals surface area contributed by atoms with Crippen molar-refractivity contribution in [1.82, 2.24) is 15.1 Å². The summed E-state index contributed by atoms with van der Waals surface area (Å²) in [5.74, 6) is 0.812. The monoisotopic (exact) mass is 398 g/mol. The van der Waals surface area contributed by atoms with Gasteiger partial charge in [0.05, 0.1) is 12.2 Å². The highest BCUT2D eigenvalue weighted by atomic mass is 16.5. The number of rotatable bonds is 9. The zero-order chi connectivity index (χ0) is 20.2. The second kappa shape index (κ2) is 13.0. The largest absolute Gasteiger partial charge is 0.385 e. The maximum atomic E-state index is 12.0. The molecule has 0 saturated carbocycles. The van der Waals surface area contributed by atoms with Crippen molar-refractivity contribution in [3.63, 3.8) is 0 Å². The van der Waals surface area contributed by atoms with Gasteiger partial charge in [-0.1, -0.05) is 0 Å². The Bertz CT molecular complexity index is 473. The van der Waals surface area contributed by atoms with Crippen LogP contribution in [-0.4, -0.2) is 101 Å². The first-order valence-electron chi connectivity index (χ1n) is 10.6. The van der Waals surface area contributed by atoms with Crippen LogP contribution in [0.2, 0.25) is 0 Å². The summed E-state index contributed by atoms with van der Waals surface area (Å²) in [5.41, 5.74) is 0. The molecule has 0 spiro atoms. The molecule has 2 saturated heterocycles. The number of piperidine rings is 1. The molecule has 8 nitrogen and oxygen atoms in total. The van der Waals surface area contributed by atoms with Crippen LogP contribution in [0.15, 0.2) is 4.99 Å². The number of guanidine groups is 1. The molecular weight excluding hydrogens is 360 g/mol. The lowest BCUT2D eigenvalue weighted by Gasteiger charge is -2.35. The maximum absolute atomic E-state index is 12.0. The first kappa shape index (κ1) is 22.9. The van der Waals surface area contributed by atoms with E-state index in [1.165, 1.54) is 6.42 Å². The van der Waals surface area contributed by atoms with Crippen LogP contribution >= 0.6 is 0 Å². The van der Waals surface area contributed by atoms with Crippen LogP contribution in [0.5, 0.6) is 0 Å². The van der Waals surface area contributed by atoms with Gasteiger partial charge in [-0.15, -0.1) is 0 Å². The van der Waals surface area contributed by atoms with Gasteiger partial charge in [0.15, 0.2) is 5.96 Å². The van der Waals surface area contributed by atoms with Crippen molar-refractivity contribution in [2.45, 2.75) is 50.7 Å². The number of nitrogens with zero attached hydrogens (tertiary/aromatic N) is 3. The zero-order valence-corrected chi connectivity index (χ0v) is 17.8. The van der Waals surface area contributed by atoms with Gasteiger partial charge in [-0.25, -0.2) is 4.99 Å². The molecule has 1 amide bonds. The summed E-state index contributed by atoms with van der Waals surface area (Å²) >= 11 is 0. The van der Waals surface area contributed by atoms with E-state index in [4.69, 9.17) is 14.2 Å². The van der Waals surface area contributed by atoms with E-state index in [2.05, 4.69) is 15.2 Å². The lowest BCUT2D eigenvalue weighted by molar-refractivity contribution is -0.127. The first-order valence-corrected chi connectivity index (χ1v) is 10.6. The van der Waals surface area contributed by atoms with Crippen molar-refractivity contribution in [1.29, 1.82) is 0 Å². The van der Waals surface area contributed by atoms with Gasteiger partial charge in [-0.05, 0) is 38.5 Å². The average molecular weight is 399 g/mol. The van der Waals surface area contributed by atoms with Crippen molar-refractivity contribution in [2.24, 2.45) is 4.99 Å². The molecule has 2 rings (SSSR count). The highest BCUT2D eigenvalue weighted by molar-refractivity contribution is 5.84. The number of nitrogens with one attached hydrogen (secondary N) is 1. The Hall–Kier alpha value is -1.38. The third kappa shape index (κ3) is 8.32. The minimum Gasteiger partial charge on any atom is -0.385 e. The predicted molar refractivity (Wildman–Crippen MR) is 110 cm³/mol. The molecule has 0 aliphatic carbocycles. The molecule has 0 aromatic carbocycles. The Morgan fingerprint density at radius 2 is 2.00 bits per heavy atom. The predicted octanol–water partition coefficient (Wildman–Crippen LogP) is 1.11. The number of methoxy groups -OCH3 is 1. The minimum absolute atomic E-state index is 0.00424. The van der Waals surface area contributed by atoms with Crippen molar-refractivity contribution in [3.05, 3.63) is 0 Å². The van der Waals surface area contributed by atoms with Crippen molar-refractivity contribution >= 4 is 11.9 Å². The zero-order valence-electron chi connectivity index (χ0n) is 17.8. The van der Waals surface area contributed by atoms with E-state index in [1.54, 1.807) is 26.1 Å². The van der Waals surface area contributed by atoms with E-state index in [0.717, 1.165) is 77.5 Å². The Balaban J connectivity index is 1.84. The second-order valence-corrected chi connectivity index (χ2v) is 7.70.